The third-order valence-electron chi connectivity index (χ3n) is 6.18. The summed E-state index contributed by atoms with van der Waals surface area (Å²) in [7, 11) is 0. The fourth-order valence-corrected chi connectivity index (χ4v) is 4.75. The zero-order chi connectivity index (χ0) is 18.9. The number of likely N-dealkylation sites (tertiary alicyclic amines) is 1. The molecule has 0 radical (unpaired) electrons. The molecule has 1 amide bonds. The van der Waals surface area contributed by atoms with Crippen LogP contribution in [0.5, 0.6) is 0 Å². The van der Waals surface area contributed by atoms with Gasteiger partial charge in [-0.1, -0.05) is 48.5 Å². The lowest BCUT2D eigenvalue weighted by Gasteiger charge is -2.33. The van der Waals surface area contributed by atoms with Gasteiger partial charge in [0.05, 0.1) is 6.20 Å². The number of fused-ring (bicyclic) bond motifs is 1. The molecule has 0 saturated carbocycles. The number of aromatic amines is 1. The number of nitrogens with zero attached hydrogens (tertiary/aromatic N) is 2. The number of piperidine rings is 1. The first-order valence-corrected chi connectivity index (χ1v) is 10.3. The quantitative estimate of drug-likeness (QED) is 0.701. The van der Waals surface area contributed by atoms with E-state index < -0.39 is 0 Å². The van der Waals surface area contributed by atoms with Gasteiger partial charge in [0.2, 0.25) is 5.91 Å². The van der Waals surface area contributed by atoms with E-state index >= 15 is 0 Å². The van der Waals surface area contributed by atoms with Crippen molar-refractivity contribution >= 4 is 16.7 Å². The van der Waals surface area contributed by atoms with Crippen LogP contribution in [-0.4, -0.2) is 34.1 Å². The fourth-order valence-electron chi connectivity index (χ4n) is 4.75. The molecule has 5 rings (SSSR count). The Labute approximate surface area is 165 Å². The van der Waals surface area contributed by atoms with Gasteiger partial charge in [0.1, 0.15) is 0 Å². The van der Waals surface area contributed by atoms with Crippen LogP contribution in [0.2, 0.25) is 0 Å². The molecule has 1 saturated heterocycles. The van der Waals surface area contributed by atoms with E-state index in [0.717, 1.165) is 62.0 Å². The van der Waals surface area contributed by atoms with Crippen molar-refractivity contribution in [1.29, 1.82) is 0 Å². The van der Waals surface area contributed by atoms with Crippen LogP contribution in [0.3, 0.4) is 0 Å². The number of carbonyl (C=O) groups is 1. The van der Waals surface area contributed by atoms with Gasteiger partial charge in [-0.25, -0.2) is 0 Å². The molecule has 2 aliphatic rings. The molecule has 142 valence electrons. The normalized spacial score (nSPS) is 19.8. The molecule has 1 atom stereocenters. The molecule has 1 N–H and O–H groups in total. The first kappa shape index (κ1) is 17.2. The predicted molar refractivity (Wildman–Crippen MR) is 112 cm³/mol. The van der Waals surface area contributed by atoms with Crippen LogP contribution in [0.1, 0.15) is 43.7 Å². The lowest BCUT2D eigenvalue weighted by atomic mass is 9.89. The Morgan fingerprint density at radius 2 is 1.96 bits per heavy atom. The Balaban J connectivity index is 1.46. The molecule has 1 aliphatic heterocycles. The molecule has 0 bridgehead atoms. The summed E-state index contributed by atoms with van der Waals surface area (Å²) >= 11 is 0. The zero-order valence-electron chi connectivity index (χ0n) is 16.0. The molecule has 2 aromatic carbocycles. The van der Waals surface area contributed by atoms with Crippen LogP contribution in [0.15, 0.2) is 60.3 Å². The number of nitrogens with one attached hydrogen (secondary N) is 1. The summed E-state index contributed by atoms with van der Waals surface area (Å²) in [5.74, 6) is 0.546. The van der Waals surface area contributed by atoms with Gasteiger partial charge in [-0.3, -0.25) is 9.89 Å². The van der Waals surface area contributed by atoms with E-state index in [1.807, 2.05) is 6.20 Å². The minimum absolute atomic E-state index is 0.244. The van der Waals surface area contributed by atoms with E-state index in [1.165, 1.54) is 16.3 Å². The Morgan fingerprint density at radius 1 is 1.07 bits per heavy atom. The van der Waals surface area contributed by atoms with Crippen LogP contribution in [0, 0.1) is 0 Å². The third-order valence-corrected chi connectivity index (χ3v) is 6.18. The van der Waals surface area contributed by atoms with Crippen LogP contribution >= 0.6 is 0 Å². The standard InChI is InChI=1S/C24H25N3O/c28-24(18-8-1-2-9-18)27-14-6-11-19(16-27)23-22(15-25-26-23)21-13-5-10-17-7-3-4-12-20(17)21/h3-5,7-8,10,12-13,15,19H,1-2,6,9,11,14,16H2,(H,25,26). The number of carbonyl (C=O) groups excluding carboxylic acids is 1. The van der Waals surface area contributed by atoms with Crippen molar-refractivity contribution in [1.82, 2.24) is 15.1 Å². The first-order valence-electron chi connectivity index (χ1n) is 10.3. The van der Waals surface area contributed by atoms with Gasteiger partial charge >= 0.3 is 0 Å². The number of hydrogen-bond donors (Lipinski definition) is 1. The van der Waals surface area contributed by atoms with E-state index in [4.69, 9.17) is 0 Å². The van der Waals surface area contributed by atoms with E-state index in [0.29, 0.717) is 5.92 Å². The maximum absolute atomic E-state index is 12.9. The van der Waals surface area contributed by atoms with Gasteiger partial charge in [-0.05, 0) is 48.4 Å². The first-order chi connectivity index (χ1) is 13.8. The minimum Gasteiger partial charge on any atom is -0.338 e. The minimum atomic E-state index is 0.244. The van der Waals surface area contributed by atoms with Crippen molar-refractivity contribution in [2.45, 2.75) is 38.0 Å². The topological polar surface area (TPSA) is 49.0 Å². The molecule has 0 spiro atoms. The number of rotatable bonds is 3. The second kappa shape index (κ2) is 7.27. The Bertz CT molecular complexity index is 1040. The summed E-state index contributed by atoms with van der Waals surface area (Å²) in [6, 6.07) is 14.9. The maximum atomic E-state index is 12.9. The van der Waals surface area contributed by atoms with Crippen molar-refractivity contribution in [3.05, 3.63) is 66.0 Å². The monoisotopic (exact) mass is 371 g/mol. The summed E-state index contributed by atoms with van der Waals surface area (Å²) in [5.41, 5.74) is 4.55. The van der Waals surface area contributed by atoms with E-state index in [2.05, 4.69) is 63.6 Å². The van der Waals surface area contributed by atoms with Gasteiger partial charge in [0.25, 0.3) is 0 Å². The number of benzene rings is 2. The zero-order valence-corrected chi connectivity index (χ0v) is 16.0. The average molecular weight is 371 g/mol. The molecule has 1 fully saturated rings. The van der Waals surface area contributed by atoms with Crippen LogP contribution in [0.4, 0.5) is 0 Å². The molecule has 4 nitrogen and oxygen atoms in total. The lowest BCUT2D eigenvalue weighted by Crippen LogP contribution is -2.39. The van der Waals surface area contributed by atoms with E-state index in [9.17, 15) is 4.79 Å². The van der Waals surface area contributed by atoms with Crippen LogP contribution in [-0.2, 0) is 4.79 Å². The number of amides is 1. The van der Waals surface area contributed by atoms with Crippen molar-refractivity contribution in [3.8, 4) is 11.1 Å². The molecular formula is C24H25N3O. The van der Waals surface area contributed by atoms with Crippen LogP contribution < -0.4 is 0 Å². The second-order valence-corrected chi connectivity index (χ2v) is 7.94. The van der Waals surface area contributed by atoms with Gasteiger partial charge in [0, 0.05) is 35.8 Å². The molecule has 1 unspecified atom stereocenters. The van der Waals surface area contributed by atoms with Crippen LogP contribution in [0.25, 0.3) is 21.9 Å². The lowest BCUT2D eigenvalue weighted by molar-refractivity contribution is -0.128. The van der Waals surface area contributed by atoms with Crippen molar-refractivity contribution in [2.75, 3.05) is 13.1 Å². The number of hydrogen-bond acceptors (Lipinski definition) is 2. The van der Waals surface area contributed by atoms with E-state index in [-0.39, 0.29) is 5.91 Å². The second-order valence-electron chi connectivity index (χ2n) is 7.94. The number of H-pyrrole nitrogens is 1. The highest BCUT2D eigenvalue weighted by molar-refractivity contribution is 5.97. The SMILES string of the molecule is O=C(C1=CCCC1)N1CCCC(c2[nH]ncc2-c2cccc3ccccc23)C1. The third kappa shape index (κ3) is 3.03. The molecule has 1 aliphatic carbocycles. The highest BCUT2D eigenvalue weighted by atomic mass is 16.2. The van der Waals surface area contributed by atoms with Gasteiger partial charge in [-0.2, -0.15) is 5.10 Å². The van der Waals surface area contributed by atoms with E-state index in [1.54, 1.807) is 0 Å². The Kier molecular flexibility index (Phi) is 4.47. The van der Waals surface area contributed by atoms with Gasteiger partial charge in [-0.15, -0.1) is 0 Å². The summed E-state index contributed by atoms with van der Waals surface area (Å²) in [6.07, 6.45) is 9.29. The van der Waals surface area contributed by atoms with Crippen molar-refractivity contribution in [2.24, 2.45) is 0 Å². The smallest absolute Gasteiger partial charge is 0.249 e. The molecule has 3 aromatic rings. The maximum Gasteiger partial charge on any atom is 0.249 e. The molecule has 1 aromatic heterocycles. The van der Waals surface area contributed by atoms with Crippen molar-refractivity contribution in [3.63, 3.8) is 0 Å². The summed E-state index contributed by atoms with van der Waals surface area (Å²) < 4.78 is 0. The largest absolute Gasteiger partial charge is 0.338 e. The molecule has 28 heavy (non-hydrogen) atoms. The number of allylic oxidation sites excluding steroid dienone is 1. The summed E-state index contributed by atoms with van der Waals surface area (Å²) in [5, 5.41) is 10.1. The predicted octanol–water partition coefficient (Wildman–Crippen LogP) is 5.05. The Morgan fingerprint density at radius 3 is 2.86 bits per heavy atom. The average Bonchev–Trinajstić information content (AvgIpc) is 3.45. The highest BCUT2D eigenvalue weighted by Crippen LogP contribution is 2.36. The molecule has 4 heteroatoms. The van der Waals surface area contributed by atoms with Gasteiger partial charge in [0.15, 0.2) is 0 Å². The number of aromatic nitrogens is 2. The Hall–Kier alpha value is -2.88. The summed E-state index contributed by atoms with van der Waals surface area (Å²) in [6.45, 7) is 1.64. The molecule has 2 heterocycles. The highest BCUT2D eigenvalue weighted by Gasteiger charge is 2.29. The summed E-state index contributed by atoms with van der Waals surface area (Å²) in [4.78, 5) is 14.9. The van der Waals surface area contributed by atoms with Crippen molar-refractivity contribution < 1.29 is 4.79 Å². The van der Waals surface area contributed by atoms with Gasteiger partial charge < -0.3 is 4.90 Å². The molecular weight excluding hydrogens is 346 g/mol. The fraction of sp³-hybridized carbons (Fsp3) is 0.333.